The number of hydrogen-bond acceptors (Lipinski definition) is 3. The van der Waals surface area contributed by atoms with E-state index in [0.717, 1.165) is 28.6 Å². The van der Waals surface area contributed by atoms with Crippen LogP contribution in [0.15, 0.2) is 60.8 Å². The van der Waals surface area contributed by atoms with Crippen LogP contribution in [0.3, 0.4) is 0 Å². The molecule has 3 rings (SSSR count). The smallest absolute Gasteiger partial charge is 0.109 e. The first-order valence-electron chi connectivity index (χ1n) is 8.23. The number of pyridine rings is 1. The largest absolute Gasteiger partial charge is 0.309 e. The molecule has 0 radical (unpaired) electrons. The SMILES string of the molecule is CN(C)CCC(C#N)(c1ccccc1)c1ccnc2cc(Cl)ccc12.Cl. The Labute approximate surface area is 165 Å². The van der Waals surface area contributed by atoms with Crippen LogP contribution in [0.2, 0.25) is 5.02 Å². The van der Waals surface area contributed by atoms with E-state index in [1.807, 2.05) is 68.7 Å². The van der Waals surface area contributed by atoms with Crippen LogP contribution in [0, 0.1) is 11.3 Å². The standard InChI is InChI=1S/C21H20ClN3.ClH/c1-25(2)13-11-21(15-23,16-6-4-3-5-7-16)19-10-12-24-20-14-17(22)8-9-18(19)20;/h3-10,12,14H,11,13H2,1-2H3;1H. The highest BCUT2D eigenvalue weighted by Gasteiger charge is 2.35. The molecule has 0 saturated heterocycles. The van der Waals surface area contributed by atoms with Gasteiger partial charge in [0.2, 0.25) is 0 Å². The molecule has 0 spiro atoms. The van der Waals surface area contributed by atoms with E-state index < -0.39 is 5.41 Å². The molecule has 5 heteroatoms. The molecule has 0 saturated carbocycles. The zero-order chi connectivity index (χ0) is 17.9. The number of halogens is 2. The molecule has 2 aromatic carbocycles. The van der Waals surface area contributed by atoms with E-state index in [-0.39, 0.29) is 12.4 Å². The zero-order valence-corrected chi connectivity index (χ0v) is 16.4. The summed E-state index contributed by atoms with van der Waals surface area (Å²) in [6, 6.07) is 20.2. The molecular weight excluding hydrogens is 365 g/mol. The fourth-order valence-corrected chi connectivity index (χ4v) is 3.39. The summed E-state index contributed by atoms with van der Waals surface area (Å²) in [6.07, 6.45) is 2.46. The number of aromatic nitrogens is 1. The number of nitriles is 1. The molecule has 3 aromatic rings. The van der Waals surface area contributed by atoms with Crippen LogP contribution in [0.4, 0.5) is 0 Å². The molecule has 0 N–H and O–H groups in total. The summed E-state index contributed by atoms with van der Waals surface area (Å²) in [5.74, 6) is 0. The van der Waals surface area contributed by atoms with E-state index >= 15 is 0 Å². The van der Waals surface area contributed by atoms with Crippen molar-refractivity contribution in [2.45, 2.75) is 11.8 Å². The van der Waals surface area contributed by atoms with Gasteiger partial charge in [0, 0.05) is 16.6 Å². The number of benzene rings is 2. The highest BCUT2D eigenvalue weighted by atomic mass is 35.5. The third-order valence-electron chi connectivity index (χ3n) is 4.56. The van der Waals surface area contributed by atoms with Gasteiger partial charge in [-0.1, -0.05) is 48.0 Å². The summed E-state index contributed by atoms with van der Waals surface area (Å²) in [5, 5.41) is 11.9. The lowest BCUT2D eigenvalue weighted by Gasteiger charge is -2.30. The first-order chi connectivity index (χ1) is 12.1. The topological polar surface area (TPSA) is 39.9 Å². The second kappa shape index (κ2) is 8.51. The van der Waals surface area contributed by atoms with Gasteiger partial charge in [-0.3, -0.25) is 4.98 Å². The quantitative estimate of drug-likeness (QED) is 0.615. The van der Waals surface area contributed by atoms with Crippen molar-refractivity contribution in [2.75, 3.05) is 20.6 Å². The Morgan fingerprint density at radius 3 is 2.50 bits per heavy atom. The first-order valence-corrected chi connectivity index (χ1v) is 8.61. The molecule has 134 valence electrons. The Kier molecular flexibility index (Phi) is 6.61. The minimum absolute atomic E-state index is 0. The number of fused-ring (bicyclic) bond motifs is 1. The van der Waals surface area contributed by atoms with Crippen LogP contribution >= 0.6 is 24.0 Å². The fourth-order valence-electron chi connectivity index (χ4n) is 3.22. The molecule has 0 aliphatic carbocycles. The Balaban J connectivity index is 0.00000243. The fraction of sp³-hybridized carbons (Fsp3) is 0.238. The highest BCUT2D eigenvalue weighted by Crippen LogP contribution is 2.39. The lowest BCUT2D eigenvalue weighted by atomic mass is 9.72. The van der Waals surface area contributed by atoms with E-state index in [9.17, 15) is 5.26 Å². The maximum atomic E-state index is 10.3. The Morgan fingerprint density at radius 2 is 1.85 bits per heavy atom. The van der Waals surface area contributed by atoms with E-state index in [1.165, 1.54) is 0 Å². The number of hydrogen-bond donors (Lipinski definition) is 0. The minimum Gasteiger partial charge on any atom is -0.309 e. The van der Waals surface area contributed by atoms with Crippen LogP contribution in [0.1, 0.15) is 17.5 Å². The molecule has 1 aromatic heterocycles. The van der Waals surface area contributed by atoms with E-state index in [0.29, 0.717) is 11.4 Å². The van der Waals surface area contributed by atoms with Crippen molar-refractivity contribution in [3.05, 3.63) is 76.9 Å². The van der Waals surface area contributed by atoms with E-state index in [4.69, 9.17) is 11.6 Å². The molecule has 0 bridgehead atoms. The van der Waals surface area contributed by atoms with Crippen molar-refractivity contribution in [3.63, 3.8) is 0 Å². The van der Waals surface area contributed by atoms with Gasteiger partial charge in [0.25, 0.3) is 0 Å². The second-order valence-electron chi connectivity index (χ2n) is 6.46. The summed E-state index contributed by atoms with van der Waals surface area (Å²) in [6.45, 7) is 0.805. The predicted molar refractivity (Wildman–Crippen MR) is 110 cm³/mol. The molecule has 0 aliphatic heterocycles. The van der Waals surface area contributed by atoms with Crippen LogP contribution in [-0.4, -0.2) is 30.5 Å². The molecule has 3 nitrogen and oxygen atoms in total. The van der Waals surface area contributed by atoms with Crippen molar-refractivity contribution >= 4 is 34.9 Å². The van der Waals surface area contributed by atoms with Gasteiger partial charge in [0.15, 0.2) is 0 Å². The Hall–Kier alpha value is -2.12. The lowest BCUT2D eigenvalue weighted by molar-refractivity contribution is 0.372. The number of rotatable bonds is 5. The molecule has 1 heterocycles. The van der Waals surface area contributed by atoms with Gasteiger partial charge in [0.1, 0.15) is 5.41 Å². The van der Waals surface area contributed by atoms with Gasteiger partial charge in [-0.2, -0.15) is 5.26 Å². The molecule has 1 unspecified atom stereocenters. The van der Waals surface area contributed by atoms with Crippen molar-refractivity contribution < 1.29 is 0 Å². The third kappa shape index (κ3) is 3.83. The predicted octanol–water partition coefficient (Wildman–Crippen LogP) is 5.07. The maximum Gasteiger partial charge on any atom is 0.109 e. The Morgan fingerprint density at radius 1 is 1.12 bits per heavy atom. The van der Waals surface area contributed by atoms with Crippen molar-refractivity contribution in [1.29, 1.82) is 5.26 Å². The molecule has 0 fully saturated rings. The summed E-state index contributed by atoms with van der Waals surface area (Å²) < 4.78 is 0. The number of nitrogens with zero attached hydrogens (tertiary/aromatic N) is 3. The van der Waals surface area contributed by atoms with Crippen LogP contribution in [0.5, 0.6) is 0 Å². The molecule has 1 atom stereocenters. The molecule has 0 aliphatic rings. The molecular formula is C21H21Cl2N3. The van der Waals surface area contributed by atoms with Crippen molar-refractivity contribution in [1.82, 2.24) is 9.88 Å². The normalized spacial score (nSPS) is 13.0. The second-order valence-corrected chi connectivity index (χ2v) is 6.89. The van der Waals surface area contributed by atoms with Gasteiger partial charge in [-0.25, -0.2) is 0 Å². The monoisotopic (exact) mass is 385 g/mol. The van der Waals surface area contributed by atoms with Gasteiger partial charge in [-0.15, -0.1) is 12.4 Å². The summed E-state index contributed by atoms with van der Waals surface area (Å²) in [5.41, 5.74) is 2.05. The summed E-state index contributed by atoms with van der Waals surface area (Å²) in [4.78, 5) is 6.54. The van der Waals surface area contributed by atoms with Crippen LogP contribution < -0.4 is 0 Å². The van der Waals surface area contributed by atoms with Crippen LogP contribution in [-0.2, 0) is 5.41 Å². The van der Waals surface area contributed by atoms with Gasteiger partial charge in [-0.05, 0) is 56.4 Å². The Bertz CT molecular complexity index is 919. The average Bonchev–Trinajstić information content (AvgIpc) is 2.63. The lowest BCUT2D eigenvalue weighted by Crippen LogP contribution is -2.31. The summed E-state index contributed by atoms with van der Waals surface area (Å²) in [7, 11) is 4.05. The van der Waals surface area contributed by atoms with Crippen LogP contribution in [0.25, 0.3) is 10.9 Å². The summed E-state index contributed by atoms with van der Waals surface area (Å²) >= 11 is 6.13. The van der Waals surface area contributed by atoms with E-state index in [2.05, 4.69) is 16.0 Å². The first kappa shape index (κ1) is 20.2. The van der Waals surface area contributed by atoms with E-state index in [1.54, 1.807) is 6.20 Å². The highest BCUT2D eigenvalue weighted by molar-refractivity contribution is 6.31. The van der Waals surface area contributed by atoms with Crippen molar-refractivity contribution in [3.8, 4) is 6.07 Å². The minimum atomic E-state index is -0.736. The van der Waals surface area contributed by atoms with Gasteiger partial charge in [0.05, 0.1) is 11.6 Å². The van der Waals surface area contributed by atoms with Gasteiger partial charge < -0.3 is 4.90 Å². The molecule has 0 amide bonds. The molecule has 26 heavy (non-hydrogen) atoms. The van der Waals surface area contributed by atoms with Gasteiger partial charge >= 0.3 is 0 Å². The average molecular weight is 386 g/mol. The van der Waals surface area contributed by atoms with Crippen molar-refractivity contribution in [2.24, 2.45) is 0 Å². The third-order valence-corrected chi connectivity index (χ3v) is 4.79. The zero-order valence-electron chi connectivity index (χ0n) is 14.8. The maximum absolute atomic E-state index is 10.3.